The van der Waals surface area contributed by atoms with Crippen LogP contribution in [0.1, 0.15) is 16.1 Å². The van der Waals surface area contributed by atoms with Gasteiger partial charge >= 0.3 is 0 Å². The average molecular weight is 364 g/mol. The molecule has 3 N–H and O–H groups in total. The molecule has 1 heterocycles. The fourth-order valence-corrected chi connectivity index (χ4v) is 2.38. The molecule has 0 unspecified atom stereocenters. The third-order valence-corrected chi connectivity index (χ3v) is 3.62. The molecule has 0 aliphatic heterocycles. The van der Waals surface area contributed by atoms with Gasteiger partial charge in [0.25, 0.3) is 5.91 Å². The van der Waals surface area contributed by atoms with Crippen LogP contribution in [0.4, 0.5) is 20.3 Å². The van der Waals surface area contributed by atoms with Crippen LogP contribution >= 0.6 is 11.6 Å². The highest BCUT2D eigenvalue weighted by molar-refractivity contribution is 6.30. The molecule has 128 valence electrons. The number of hydrogen-bond acceptors (Lipinski definition) is 4. The molecule has 6 nitrogen and oxygen atoms in total. The number of halogens is 3. The molecule has 0 aliphatic carbocycles. The second-order valence-corrected chi connectivity index (χ2v) is 5.63. The van der Waals surface area contributed by atoms with Gasteiger partial charge in [0.2, 0.25) is 0 Å². The number of amides is 1. The molecule has 0 saturated carbocycles. The van der Waals surface area contributed by atoms with Crippen molar-refractivity contribution in [3.8, 4) is 0 Å². The van der Waals surface area contributed by atoms with Crippen LogP contribution in [0.2, 0.25) is 5.02 Å². The average Bonchev–Trinajstić information content (AvgIpc) is 2.92. The van der Waals surface area contributed by atoms with E-state index in [-0.39, 0.29) is 23.7 Å². The van der Waals surface area contributed by atoms with Gasteiger partial charge in [0, 0.05) is 16.8 Å². The van der Waals surface area contributed by atoms with Gasteiger partial charge in [0.1, 0.15) is 0 Å². The third kappa shape index (κ3) is 3.74. The molecule has 25 heavy (non-hydrogen) atoms. The number of nitrogen functional groups attached to an aromatic ring is 1. The first kappa shape index (κ1) is 16.8. The molecule has 0 bridgehead atoms. The quantitative estimate of drug-likeness (QED) is 0.745. The Morgan fingerprint density at radius 1 is 1.20 bits per heavy atom. The molecule has 2 aromatic carbocycles. The van der Waals surface area contributed by atoms with Crippen LogP contribution in [0.5, 0.6) is 0 Å². The molecular weight excluding hydrogens is 352 g/mol. The first-order valence-electron chi connectivity index (χ1n) is 7.14. The van der Waals surface area contributed by atoms with Crippen molar-refractivity contribution >= 4 is 29.0 Å². The lowest BCUT2D eigenvalue weighted by atomic mass is 10.2. The van der Waals surface area contributed by atoms with Crippen molar-refractivity contribution in [1.29, 1.82) is 0 Å². The Morgan fingerprint density at radius 3 is 2.72 bits per heavy atom. The van der Waals surface area contributed by atoms with Crippen LogP contribution in [-0.2, 0) is 6.54 Å². The maximum absolute atomic E-state index is 13.2. The van der Waals surface area contributed by atoms with Crippen LogP contribution < -0.4 is 11.1 Å². The van der Waals surface area contributed by atoms with Crippen LogP contribution in [0.3, 0.4) is 0 Å². The standard InChI is InChI=1S/C16H12ClF2N5O/c17-10-3-1-2-9(6-10)8-24-15(20)14(22-23-24)16(25)21-11-4-5-12(18)13(19)7-11/h1-7H,8,20H2,(H,21,25). The lowest BCUT2D eigenvalue weighted by Crippen LogP contribution is -2.15. The van der Waals surface area contributed by atoms with E-state index >= 15 is 0 Å². The molecule has 1 aromatic heterocycles. The molecule has 3 aromatic rings. The topological polar surface area (TPSA) is 85.8 Å². The number of nitrogens with zero attached hydrogens (tertiary/aromatic N) is 3. The monoisotopic (exact) mass is 363 g/mol. The zero-order valence-electron chi connectivity index (χ0n) is 12.7. The van der Waals surface area contributed by atoms with Gasteiger partial charge in [-0.25, -0.2) is 13.5 Å². The van der Waals surface area contributed by atoms with Gasteiger partial charge in [-0.05, 0) is 29.8 Å². The zero-order valence-corrected chi connectivity index (χ0v) is 13.5. The molecule has 0 aliphatic rings. The van der Waals surface area contributed by atoms with E-state index in [1.165, 1.54) is 10.7 Å². The first-order chi connectivity index (χ1) is 11.9. The van der Waals surface area contributed by atoms with E-state index in [9.17, 15) is 13.6 Å². The van der Waals surface area contributed by atoms with Crippen molar-refractivity contribution in [2.24, 2.45) is 0 Å². The molecule has 0 spiro atoms. The normalized spacial score (nSPS) is 10.7. The first-order valence-corrected chi connectivity index (χ1v) is 7.51. The van der Waals surface area contributed by atoms with Crippen molar-refractivity contribution < 1.29 is 13.6 Å². The van der Waals surface area contributed by atoms with Gasteiger partial charge in [0.05, 0.1) is 6.54 Å². The summed E-state index contributed by atoms with van der Waals surface area (Å²) in [7, 11) is 0. The minimum atomic E-state index is -1.07. The molecular formula is C16H12ClF2N5O. The van der Waals surface area contributed by atoms with Gasteiger partial charge in [0.15, 0.2) is 23.1 Å². The predicted molar refractivity (Wildman–Crippen MR) is 89.3 cm³/mol. The number of carbonyl (C=O) groups is 1. The fraction of sp³-hybridized carbons (Fsp3) is 0.0625. The van der Waals surface area contributed by atoms with E-state index in [1.807, 2.05) is 6.07 Å². The summed E-state index contributed by atoms with van der Waals surface area (Å²) in [5.41, 5.74) is 6.70. The number of rotatable bonds is 4. The van der Waals surface area contributed by atoms with E-state index in [1.54, 1.807) is 18.2 Å². The highest BCUT2D eigenvalue weighted by Crippen LogP contribution is 2.17. The molecule has 0 atom stereocenters. The molecule has 1 amide bonds. The van der Waals surface area contributed by atoms with Crippen molar-refractivity contribution in [1.82, 2.24) is 15.0 Å². The van der Waals surface area contributed by atoms with Crippen LogP contribution in [0.25, 0.3) is 0 Å². The minimum absolute atomic E-state index is 0.0417. The number of aromatic nitrogens is 3. The lowest BCUT2D eigenvalue weighted by Gasteiger charge is -2.06. The highest BCUT2D eigenvalue weighted by Gasteiger charge is 2.18. The van der Waals surface area contributed by atoms with Gasteiger partial charge < -0.3 is 11.1 Å². The summed E-state index contributed by atoms with van der Waals surface area (Å²) >= 11 is 5.92. The fourth-order valence-electron chi connectivity index (χ4n) is 2.17. The summed E-state index contributed by atoms with van der Waals surface area (Å²) in [4.78, 5) is 12.2. The Kier molecular flexibility index (Phi) is 4.62. The smallest absolute Gasteiger partial charge is 0.280 e. The molecule has 3 rings (SSSR count). The second-order valence-electron chi connectivity index (χ2n) is 5.19. The summed E-state index contributed by atoms with van der Waals surface area (Å²) in [5.74, 6) is -2.72. The number of nitrogens with two attached hydrogens (primary N) is 1. The van der Waals surface area contributed by atoms with E-state index in [0.717, 1.165) is 17.7 Å². The molecule has 0 radical (unpaired) electrons. The SMILES string of the molecule is Nc1c(C(=O)Nc2ccc(F)c(F)c2)nnn1Cc1cccc(Cl)c1. The van der Waals surface area contributed by atoms with Crippen LogP contribution in [-0.4, -0.2) is 20.9 Å². The predicted octanol–water partition coefficient (Wildman–Crippen LogP) is 3.09. The minimum Gasteiger partial charge on any atom is -0.382 e. The number of carbonyl (C=O) groups excluding carboxylic acids is 1. The van der Waals surface area contributed by atoms with Crippen molar-refractivity contribution in [3.63, 3.8) is 0 Å². The van der Waals surface area contributed by atoms with Crippen molar-refractivity contribution in [2.45, 2.75) is 6.54 Å². The third-order valence-electron chi connectivity index (χ3n) is 3.39. The maximum Gasteiger partial charge on any atom is 0.280 e. The molecule has 0 saturated heterocycles. The van der Waals surface area contributed by atoms with E-state index < -0.39 is 17.5 Å². The lowest BCUT2D eigenvalue weighted by molar-refractivity contribution is 0.102. The van der Waals surface area contributed by atoms with Gasteiger partial charge in [-0.2, -0.15) is 0 Å². The summed E-state index contributed by atoms with van der Waals surface area (Å²) in [5, 5.41) is 10.5. The second kappa shape index (κ2) is 6.86. The summed E-state index contributed by atoms with van der Waals surface area (Å²) in [6, 6.07) is 10.1. The number of benzene rings is 2. The van der Waals surface area contributed by atoms with E-state index in [0.29, 0.717) is 5.02 Å². The number of nitrogens with one attached hydrogen (secondary N) is 1. The van der Waals surface area contributed by atoms with Crippen LogP contribution in [0, 0.1) is 11.6 Å². The summed E-state index contributed by atoms with van der Waals surface area (Å²) in [6.45, 7) is 0.276. The molecule has 9 heteroatoms. The Labute approximate surface area is 146 Å². The Balaban J connectivity index is 1.77. The van der Waals surface area contributed by atoms with Gasteiger partial charge in [-0.3, -0.25) is 4.79 Å². The highest BCUT2D eigenvalue weighted by atomic mass is 35.5. The number of hydrogen-bond donors (Lipinski definition) is 2. The van der Waals surface area contributed by atoms with Gasteiger partial charge in [-0.15, -0.1) is 5.10 Å². The Morgan fingerprint density at radius 2 is 2.00 bits per heavy atom. The summed E-state index contributed by atoms with van der Waals surface area (Å²) < 4.78 is 27.5. The maximum atomic E-state index is 13.2. The Bertz CT molecular complexity index is 944. The molecule has 0 fully saturated rings. The largest absolute Gasteiger partial charge is 0.382 e. The summed E-state index contributed by atoms with van der Waals surface area (Å²) in [6.07, 6.45) is 0. The van der Waals surface area contributed by atoms with Crippen LogP contribution in [0.15, 0.2) is 42.5 Å². The van der Waals surface area contributed by atoms with Gasteiger partial charge in [-0.1, -0.05) is 28.9 Å². The Hall–Kier alpha value is -3.00. The van der Waals surface area contributed by atoms with E-state index in [4.69, 9.17) is 17.3 Å². The zero-order chi connectivity index (χ0) is 18.0. The van der Waals surface area contributed by atoms with E-state index in [2.05, 4.69) is 15.6 Å². The van der Waals surface area contributed by atoms with Crippen molar-refractivity contribution in [2.75, 3.05) is 11.1 Å². The number of anilines is 2. The van der Waals surface area contributed by atoms with Crippen molar-refractivity contribution in [3.05, 3.63) is 70.4 Å².